The highest BCUT2D eigenvalue weighted by molar-refractivity contribution is 5.50. The maximum absolute atomic E-state index is 12.2. The Balaban J connectivity index is 2.79. The van der Waals surface area contributed by atoms with E-state index in [2.05, 4.69) is 0 Å². The molecular formula is C13H17N3O2. The summed E-state index contributed by atoms with van der Waals surface area (Å²) in [5.74, 6) is 0.645. The number of hydrogen-bond donors (Lipinski definition) is 1. The maximum atomic E-state index is 12.2. The number of aromatic nitrogens is 2. The molecule has 0 spiro atoms. The summed E-state index contributed by atoms with van der Waals surface area (Å²) in [5.41, 5.74) is 7.36. The van der Waals surface area contributed by atoms with Gasteiger partial charge in [0.15, 0.2) is 0 Å². The zero-order chi connectivity index (χ0) is 13.3. The molecule has 0 saturated heterocycles. The second kappa shape index (κ2) is 4.60. The molecule has 0 aliphatic heterocycles. The zero-order valence-electron chi connectivity index (χ0n) is 10.8. The second-order valence-corrected chi connectivity index (χ2v) is 4.00. The van der Waals surface area contributed by atoms with Crippen LogP contribution in [0.25, 0.3) is 5.69 Å². The first-order chi connectivity index (χ1) is 8.61. The Morgan fingerprint density at radius 2 is 2.00 bits per heavy atom. The fraction of sp³-hybridized carbons (Fsp3) is 0.308. The van der Waals surface area contributed by atoms with Gasteiger partial charge < -0.3 is 10.5 Å². The van der Waals surface area contributed by atoms with Gasteiger partial charge in [0, 0.05) is 6.54 Å². The van der Waals surface area contributed by atoms with E-state index in [1.54, 1.807) is 11.8 Å². The summed E-state index contributed by atoms with van der Waals surface area (Å²) < 4.78 is 8.69. The van der Waals surface area contributed by atoms with Gasteiger partial charge in [0.1, 0.15) is 17.1 Å². The Morgan fingerprint density at radius 1 is 1.33 bits per heavy atom. The van der Waals surface area contributed by atoms with Gasteiger partial charge in [-0.15, -0.1) is 0 Å². The topological polar surface area (TPSA) is 62.2 Å². The van der Waals surface area contributed by atoms with Crippen molar-refractivity contribution in [3.63, 3.8) is 0 Å². The standard InChI is InChI=1S/C13H17N3O2/c1-4-15-9(2)12(14)13(17)16(15)10-7-5-6-8-11(10)18-3/h5-8H,4,14H2,1-3H3. The minimum absolute atomic E-state index is 0.209. The van der Waals surface area contributed by atoms with Crippen LogP contribution < -0.4 is 16.0 Å². The van der Waals surface area contributed by atoms with E-state index in [1.807, 2.05) is 42.8 Å². The molecule has 1 aromatic heterocycles. The summed E-state index contributed by atoms with van der Waals surface area (Å²) in [6.45, 7) is 4.47. The van der Waals surface area contributed by atoms with E-state index in [1.165, 1.54) is 0 Å². The summed E-state index contributed by atoms with van der Waals surface area (Å²) in [6.07, 6.45) is 0. The van der Waals surface area contributed by atoms with E-state index in [0.29, 0.717) is 18.0 Å². The summed E-state index contributed by atoms with van der Waals surface area (Å²) in [4.78, 5) is 12.2. The molecule has 0 radical (unpaired) electrons. The largest absolute Gasteiger partial charge is 0.494 e. The molecule has 1 aromatic carbocycles. The summed E-state index contributed by atoms with van der Waals surface area (Å²) in [7, 11) is 1.58. The minimum Gasteiger partial charge on any atom is -0.494 e. The van der Waals surface area contributed by atoms with E-state index in [4.69, 9.17) is 10.5 Å². The molecular weight excluding hydrogens is 230 g/mol. The molecule has 2 aromatic rings. The molecule has 0 bridgehead atoms. The number of benzene rings is 1. The Hall–Kier alpha value is -2.17. The van der Waals surface area contributed by atoms with E-state index in [9.17, 15) is 4.79 Å². The Labute approximate surface area is 105 Å². The predicted octanol–water partition coefficient (Wildman–Crippen LogP) is 1.56. The lowest BCUT2D eigenvalue weighted by Gasteiger charge is -2.13. The van der Waals surface area contributed by atoms with Gasteiger partial charge in [-0.05, 0) is 26.0 Å². The fourth-order valence-corrected chi connectivity index (χ4v) is 2.09. The monoisotopic (exact) mass is 247 g/mol. The zero-order valence-corrected chi connectivity index (χ0v) is 10.8. The van der Waals surface area contributed by atoms with Gasteiger partial charge in [-0.2, -0.15) is 0 Å². The molecule has 0 atom stereocenters. The van der Waals surface area contributed by atoms with Gasteiger partial charge >= 0.3 is 0 Å². The van der Waals surface area contributed by atoms with Crippen molar-refractivity contribution in [1.29, 1.82) is 0 Å². The lowest BCUT2D eigenvalue weighted by Crippen LogP contribution is -2.22. The normalized spacial score (nSPS) is 10.6. The molecule has 0 saturated carbocycles. The van der Waals surface area contributed by atoms with Crippen LogP contribution in [0.5, 0.6) is 5.75 Å². The Bertz CT molecular complexity index is 626. The van der Waals surface area contributed by atoms with Crippen molar-refractivity contribution in [3.05, 3.63) is 40.3 Å². The Morgan fingerprint density at radius 3 is 2.61 bits per heavy atom. The van der Waals surface area contributed by atoms with E-state index < -0.39 is 0 Å². The van der Waals surface area contributed by atoms with Crippen molar-refractivity contribution in [2.75, 3.05) is 12.8 Å². The van der Waals surface area contributed by atoms with E-state index >= 15 is 0 Å². The number of para-hydroxylation sites is 2. The highest BCUT2D eigenvalue weighted by Crippen LogP contribution is 2.22. The molecule has 0 amide bonds. The van der Waals surface area contributed by atoms with Crippen LogP contribution in [-0.2, 0) is 6.54 Å². The molecule has 18 heavy (non-hydrogen) atoms. The predicted molar refractivity (Wildman–Crippen MR) is 71.4 cm³/mol. The number of nitrogens with two attached hydrogens (primary N) is 1. The van der Waals surface area contributed by atoms with Gasteiger partial charge in [-0.1, -0.05) is 12.1 Å². The molecule has 96 valence electrons. The maximum Gasteiger partial charge on any atom is 0.294 e. The van der Waals surface area contributed by atoms with Crippen LogP contribution in [0.2, 0.25) is 0 Å². The average Bonchev–Trinajstić information content (AvgIpc) is 2.62. The van der Waals surface area contributed by atoms with Crippen LogP contribution in [0.3, 0.4) is 0 Å². The molecule has 0 fully saturated rings. The molecule has 5 nitrogen and oxygen atoms in total. The summed E-state index contributed by atoms with van der Waals surface area (Å²) in [5, 5.41) is 0. The Kier molecular flexibility index (Phi) is 3.14. The summed E-state index contributed by atoms with van der Waals surface area (Å²) >= 11 is 0. The van der Waals surface area contributed by atoms with Gasteiger partial charge in [0.2, 0.25) is 0 Å². The first-order valence-corrected chi connectivity index (χ1v) is 5.83. The van der Waals surface area contributed by atoms with Crippen molar-refractivity contribution in [2.24, 2.45) is 0 Å². The number of ether oxygens (including phenoxy) is 1. The van der Waals surface area contributed by atoms with Gasteiger partial charge in [-0.25, -0.2) is 4.68 Å². The quantitative estimate of drug-likeness (QED) is 0.895. The molecule has 1 heterocycles. The van der Waals surface area contributed by atoms with E-state index in [0.717, 1.165) is 5.69 Å². The van der Waals surface area contributed by atoms with Crippen molar-refractivity contribution >= 4 is 5.69 Å². The average molecular weight is 247 g/mol. The first-order valence-electron chi connectivity index (χ1n) is 5.83. The molecule has 2 rings (SSSR count). The van der Waals surface area contributed by atoms with Crippen LogP contribution in [0.15, 0.2) is 29.1 Å². The lowest BCUT2D eigenvalue weighted by molar-refractivity contribution is 0.407. The third kappa shape index (κ3) is 1.68. The number of rotatable bonds is 3. The van der Waals surface area contributed by atoms with Gasteiger partial charge in [-0.3, -0.25) is 9.48 Å². The highest BCUT2D eigenvalue weighted by Gasteiger charge is 2.16. The number of nitrogen functional groups attached to an aromatic ring is 1. The first kappa shape index (κ1) is 12.3. The number of anilines is 1. The van der Waals surface area contributed by atoms with Crippen molar-refractivity contribution in [2.45, 2.75) is 20.4 Å². The summed E-state index contributed by atoms with van der Waals surface area (Å²) in [6, 6.07) is 7.39. The molecule has 0 aliphatic rings. The highest BCUT2D eigenvalue weighted by atomic mass is 16.5. The number of nitrogens with zero attached hydrogens (tertiary/aromatic N) is 2. The van der Waals surface area contributed by atoms with Crippen molar-refractivity contribution in [1.82, 2.24) is 9.36 Å². The molecule has 5 heteroatoms. The van der Waals surface area contributed by atoms with Gasteiger partial charge in [0.25, 0.3) is 5.56 Å². The fourth-order valence-electron chi connectivity index (χ4n) is 2.09. The minimum atomic E-state index is -0.209. The number of methoxy groups -OCH3 is 1. The number of hydrogen-bond acceptors (Lipinski definition) is 3. The molecule has 0 aliphatic carbocycles. The molecule has 0 unspecified atom stereocenters. The third-order valence-electron chi connectivity index (χ3n) is 3.05. The van der Waals surface area contributed by atoms with Crippen molar-refractivity contribution in [3.8, 4) is 11.4 Å². The molecule has 2 N–H and O–H groups in total. The van der Waals surface area contributed by atoms with Crippen LogP contribution in [-0.4, -0.2) is 16.5 Å². The van der Waals surface area contributed by atoms with Gasteiger partial charge in [0.05, 0.1) is 12.8 Å². The van der Waals surface area contributed by atoms with Crippen LogP contribution >= 0.6 is 0 Å². The SMILES string of the molecule is CCn1c(C)c(N)c(=O)n1-c1ccccc1OC. The van der Waals surface area contributed by atoms with E-state index in [-0.39, 0.29) is 11.2 Å². The lowest BCUT2D eigenvalue weighted by atomic mass is 10.3. The van der Waals surface area contributed by atoms with Crippen LogP contribution in [0.4, 0.5) is 5.69 Å². The van der Waals surface area contributed by atoms with Crippen molar-refractivity contribution < 1.29 is 4.74 Å². The smallest absolute Gasteiger partial charge is 0.294 e. The third-order valence-corrected chi connectivity index (χ3v) is 3.05. The second-order valence-electron chi connectivity index (χ2n) is 4.00. The van der Waals surface area contributed by atoms with Crippen LogP contribution in [0, 0.1) is 6.92 Å². The van der Waals surface area contributed by atoms with Crippen LogP contribution in [0.1, 0.15) is 12.6 Å².